The van der Waals surface area contributed by atoms with E-state index in [0.29, 0.717) is 25.4 Å². The monoisotopic (exact) mass is 173 g/mol. The van der Waals surface area contributed by atoms with Gasteiger partial charge in [0.25, 0.3) is 0 Å². The maximum atomic E-state index is 5.65. The molecule has 1 rings (SSSR count). The van der Waals surface area contributed by atoms with Crippen molar-refractivity contribution < 1.29 is 9.47 Å². The number of hydrogen-bond donors (Lipinski definition) is 1. The van der Waals surface area contributed by atoms with Crippen LogP contribution in [0.3, 0.4) is 0 Å². The van der Waals surface area contributed by atoms with Crippen LogP contribution in [0.15, 0.2) is 0 Å². The fraction of sp³-hybridized carbons (Fsp3) is 1.00. The van der Waals surface area contributed by atoms with Crippen molar-refractivity contribution in [2.24, 2.45) is 0 Å². The number of ether oxygens (including phenoxy) is 2. The first-order chi connectivity index (χ1) is 5.84. The van der Waals surface area contributed by atoms with Crippen LogP contribution >= 0.6 is 0 Å². The number of methoxy groups -OCH3 is 1. The first-order valence-electron chi connectivity index (χ1n) is 4.68. The van der Waals surface area contributed by atoms with Gasteiger partial charge in [-0.25, -0.2) is 0 Å². The highest BCUT2D eigenvalue weighted by atomic mass is 16.5. The highest BCUT2D eigenvalue weighted by Crippen LogP contribution is 2.11. The molecule has 1 aliphatic heterocycles. The van der Waals surface area contributed by atoms with Gasteiger partial charge in [-0.3, -0.25) is 0 Å². The summed E-state index contributed by atoms with van der Waals surface area (Å²) < 4.78 is 10.6. The normalized spacial score (nSPS) is 30.5. The molecule has 12 heavy (non-hydrogen) atoms. The molecule has 0 aliphatic carbocycles. The Hall–Kier alpha value is -0.120. The molecule has 72 valence electrons. The molecule has 1 aliphatic rings. The van der Waals surface area contributed by atoms with Gasteiger partial charge in [0, 0.05) is 13.2 Å². The smallest absolute Gasteiger partial charge is 0.0726 e. The van der Waals surface area contributed by atoms with Crippen LogP contribution in [-0.2, 0) is 9.47 Å². The SMILES string of the molecule is COCCOC1CCCNC1C. The molecule has 0 aromatic rings. The summed E-state index contributed by atoms with van der Waals surface area (Å²) in [5.41, 5.74) is 0. The Morgan fingerprint density at radius 1 is 1.42 bits per heavy atom. The Morgan fingerprint density at radius 2 is 2.25 bits per heavy atom. The minimum absolute atomic E-state index is 0.383. The fourth-order valence-electron chi connectivity index (χ4n) is 1.52. The second-order valence-electron chi connectivity index (χ2n) is 3.29. The Labute approximate surface area is 74.4 Å². The summed E-state index contributed by atoms with van der Waals surface area (Å²) in [5.74, 6) is 0. The zero-order valence-electron chi connectivity index (χ0n) is 8.01. The molecule has 0 radical (unpaired) electrons. The highest BCUT2D eigenvalue weighted by Gasteiger charge is 2.20. The van der Waals surface area contributed by atoms with Crippen LogP contribution < -0.4 is 5.32 Å². The molecule has 1 heterocycles. The van der Waals surface area contributed by atoms with Crippen LogP contribution in [-0.4, -0.2) is 39.0 Å². The van der Waals surface area contributed by atoms with E-state index in [1.807, 2.05) is 0 Å². The van der Waals surface area contributed by atoms with Gasteiger partial charge in [-0.15, -0.1) is 0 Å². The molecule has 0 saturated carbocycles. The molecule has 1 N–H and O–H groups in total. The lowest BCUT2D eigenvalue weighted by atomic mass is 10.0. The molecular formula is C9H19NO2. The topological polar surface area (TPSA) is 30.5 Å². The molecule has 0 aromatic heterocycles. The Bertz CT molecular complexity index is 119. The highest BCUT2D eigenvalue weighted by molar-refractivity contribution is 4.77. The van der Waals surface area contributed by atoms with Gasteiger partial charge in [-0.1, -0.05) is 0 Å². The van der Waals surface area contributed by atoms with E-state index < -0.39 is 0 Å². The standard InChI is InChI=1S/C9H19NO2/c1-8-9(4-3-5-10-8)12-7-6-11-2/h8-10H,3-7H2,1-2H3. The van der Waals surface area contributed by atoms with Crippen molar-refractivity contribution in [1.29, 1.82) is 0 Å². The molecule has 0 aromatic carbocycles. The largest absolute Gasteiger partial charge is 0.382 e. The summed E-state index contributed by atoms with van der Waals surface area (Å²) in [6.07, 6.45) is 2.79. The lowest BCUT2D eigenvalue weighted by Gasteiger charge is -2.29. The Balaban J connectivity index is 2.11. The van der Waals surface area contributed by atoms with E-state index in [2.05, 4.69) is 12.2 Å². The summed E-state index contributed by atoms with van der Waals surface area (Å²) in [5, 5.41) is 3.39. The van der Waals surface area contributed by atoms with Crippen LogP contribution in [0.4, 0.5) is 0 Å². The summed E-state index contributed by atoms with van der Waals surface area (Å²) >= 11 is 0. The third-order valence-corrected chi connectivity index (χ3v) is 2.31. The van der Waals surface area contributed by atoms with Crippen molar-refractivity contribution in [2.75, 3.05) is 26.9 Å². The number of rotatable bonds is 4. The van der Waals surface area contributed by atoms with Crippen molar-refractivity contribution in [1.82, 2.24) is 5.32 Å². The lowest BCUT2D eigenvalue weighted by molar-refractivity contribution is -0.0120. The van der Waals surface area contributed by atoms with Gasteiger partial charge in [0.2, 0.25) is 0 Å². The molecule has 3 nitrogen and oxygen atoms in total. The molecule has 1 fully saturated rings. The van der Waals surface area contributed by atoms with Gasteiger partial charge < -0.3 is 14.8 Å². The average molecular weight is 173 g/mol. The van der Waals surface area contributed by atoms with Crippen molar-refractivity contribution in [3.8, 4) is 0 Å². The van der Waals surface area contributed by atoms with Crippen molar-refractivity contribution in [2.45, 2.75) is 31.9 Å². The molecule has 0 bridgehead atoms. The molecule has 0 amide bonds. The van der Waals surface area contributed by atoms with E-state index in [0.717, 1.165) is 6.54 Å². The molecule has 0 spiro atoms. The van der Waals surface area contributed by atoms with E-state index in [4.69, 9.17) is 9.47 Å². The fourth-order valence-corrected chi connectivity index (χ4v) is 1.52. The quantitative estimate of drug-likeness (QED) is 0.638. The van der Waals surface area contributed by atoms with Gasteiger partial charge in [-0.05, 0) is 26.3 Å². The Morgan fingerprint density at radius 3 is 2.92 bits per heavy atom. The second-order valence-corrected chi connectivity index (χ2v) is 3.29. The third-order valence-electron chi connectivity index (χ3n) is 2.31. The predicted octanol–water partition coefficient (Wildman–Crippen LogP) is 0.790. The van der Waals surface area contributed by atoms with Crippen molar-refractivity contribution >= 4 is 0 Å². The van der Waals surface area contributed by atoms with Crippen molar-refractivity contribution in [3.05, 3.63) is 0 Å². The minimum Gasteiger partial charge on any atom is -0.382 e. The summed E-state index contributed by atoms with van der Waals surface area (Å²) in [4.78, 5) is 0. The molecule has 2 unspecified atom stereocenters. The second kappa shape index (κ2) is 5.51. The van der Waals surface area contributed by atoms with Crippen LogP contribution in [0.1, 0.15) is 19.8 Å². The number of hydrogen-bond acceptors (Lipinski definition) is 3. The predicted molar refractivity (Wildman–Crippen MR) is 48.3 cm³/mol. The zero-order chi connectivity index (χ0) is 8.81. The number of nitrogens with one attached hydrogen (secondary N) is 1. The molecule has 2 atom stereocenters. The first kappa shape index (κ1) is 9.96. The first-order valence-corrected chi connectivity index (χ1v) is 4.68. The van der Waals surface area contributed by atoms with E-state index in [9.17, 15) is 0 Å². The van der Waals surface area contributed by atoms with Crippen LogP contribution in [0.2, 0.25) is 0 Å². The van der Waals surface area contributed by atoms with E-state index in [1.165, 1.54) is 12.8 Å². The molecular weight excluding hydrogens is 154 g/mol. The minimum atomic E-state index is 0.383. The average Bonchev–Trinajstić information content (AvgIpc) is 2.09. The van der Waals surface area contributed by atoms with Gasteiger partial charge >= 0.3 is 0 Å². The summed E-state index contributed by atoms with van der Waals surface area (Å²) in [6, 6.07) is 0.496. The maximum absolute atomic E-state index is 5.65. The van der Waals surface area contributed by atoms with Gasteiger partial charge in [0.1, 0.15) is 0 Å². The van der Waals surface area contributed by atoms with Gasteiger partial charge in [0.05, 0.1) is 19.3 Å². The number of piperidine rings is 1. The third kappa shape index (κ3) is 3.09. The summed E-state index contributed by atoms with van der Waals surface area (Å²) in [7, 11) is 1.70. The summed E-state index contributed by atoms with van der Waals surface area (Å²) in [6.45, 7) is 4.72. The molecule has 1 saturated heterocycles. The zero-order valence-corrected chi connectivity index (χ0v) is 8.01. The van der Waals surface area contributed by atoms with Crippen LogP contribution in [0, 0.1) is 0 Å². The van der Waals surface area contributed by atoms with E-state index in [1.54, 1.807) is 7.11 Å². The van der Waals surface area contributed by atoms with Gasteiger partial charge in [-0.2, -0.15) is 0 Å². The van der Waals surface area contributed by atoms with E-state index >= 15 is 0 Å². The van der Waals surface area contributed by atoms with Crippen molar-refractivity contribution in [3.63, 3.8) is 0 Å². The maximum Gasteiger partial charge on any atom is 0.0726 e. The van der Waals surface area contributed by atoms with E-state index in [-0.39, 0.29) is 0 Å². The van der Waals surface area contributed by atoms with Gasteiger partial charge in [0.15, 0.2) is 0 Å². The van der Waals surface area contributed by atoms with Crippen LogP contribution in [0.25, 0.3) is 0 Å². The lowest BCUT2D eigenvalue weighted by Crippen LogP contribution is -2.44. The Kier molecular flexibility index (Phi) is 4.58. The van der Waals surface area contributed by atoms with Crippen LogP contribution in [0.5, 0.6) is 0 Å². The molecule has 3 heteroatoms.